The molecule has 1 amide bonds. The summed E-state index contributed by atoms with van der Waals surface area (Å²) in [5.74, 6) is -6.90. The Balaban J connectivity index is 1.96. The summed E-state index contributed by atoms with van der Waals surface area (Å²) in [4.78, 5) is 53.9. The van der Waals surface area contributed by atoms with E-state index in [2.05, 4.69) is 0 Å². The van der Waals surface area contributed by atoms with Crippen LogP contribution in [0.25, 0.3) is 0 Å². The lowest BCUT2D eigenvalue weighted by molar-refractivity contribution is -0.268. The van der Waals surface area contributed by atoms with Crippen molar-refractivity contribution in [2.75, 3.05) is 6.54 Å². The van der Waals surface area contributed by atoms with Crippen LogP contribution in [-0.4, -0.2) is 75.2 Å². The van der Waals surface area contributed by atoms with Gasteiger partial charge < -0.3 is 24.6 Å². The molecule has 0 aliphatic carbocycles. The van der Waals surface area contributed by atoms with Crippen molar-refractivity contribution in [2.24, 2.45) is 23.7 Å². The fourth-order valence-corrected chi connectivity index (χ4v) is 5.46. The fraction of sp³-hybridized carbons (Fsp3) is 0.846. The van der Waals surface area contributed by atoms with E-state index in [0.29, 0.717) is 38.5 Å². The molecule has 2 N–H and O–H groups in total. The maximum absolute atomic E-state index is 13.4. The third-order valence-corrected chi connectivity index (χ3v) is 8.42. The molecule has 0 unspecified atom stereocenters. The van der Waals surface area contributed by atoms with Gasteiger partial charge in [0.15, 0.2) is 0 Å². The number of carbonyl (C=O) groups excluding carboxylic acids is 4. The Hall–Kier alpha value is -1.84. The average Bonchev–Trinajstić information content (AvgIpc) is 2.83. The van der Waals surface area contributed by atoms with Gasteiger partial charge in [0.1, 0.15) is 17.9 Å². The van der Waals surface area contributed by atoms with E-state index in [0.717, 1.165) is 0 Å². The van der Waals surface area contributed by atoms with E-state index in [-0.39, 0.29) is 30.6 Å². The van der Waals surface area contributed by atoms with Crippen molar-refractivity contribution in [1.29, 1.82) is 0 Å². The van der Waals surface area contributed by atoms with Crippen LogP contribution >= 0.6 is 0 Å². The van der Waals surface area contributed by atoms with Gasteiger partial charge in [-0.15, -0.1) is 0 Å². The summed E-state index contributed by atoms with van der Waals surface area (Å²) in [7, 11) is 0. The Morgan fingerprint density at radius 2 is 1.63 bits per heavy atom. The summed E-state index contributed by atoms with van der Waals surface area (Å²) in [6.07, 6.45) is 0.870. The molecule has 3 aliphatic heterocycles. The highest BCUT2D eigenvalue weighted by molar-refractivity contribution is 6.39. The summed E-state index contributed by atoms with van der Waals surface area (Å²) in [5, 5.41) is 22.0. The van der Waals surface area contributed by atoms with Crippen LogP contribution in [0.15, 0.2) is 0 Å². The summed E-state index contributed by atoms with van der Waals surface area (Å²) in [6.45, 7) is 9.05. The highest BCUT2D eigenvalue weighted by atomic mass is 16.6. The number of carbonyl (C=O) groups is 4. The number of ketones is 2. The van der Waals surface area contributed by atoms with Crippen LogP contribution in [0.3, 0.4) is 0 Å². The van der Waals surface area contributed by atoms with Crippen molar-refractivity contribution >= 4 is 23.4 Å². The second kappa shape index (κ2) is 11.0. The van der Waals surface area contributed by atoms with Crippen LogP contribution in [0.2, 0.25) is 0 Å². The normalized spacial score (nSPS) is 42.8. The Morgan fingerprint density at radius 3 is 2.31 bits per heavy atom. The molecule has 198 valence electrons. The molecule has 9 atom stereocenters. The second-order valence-corrected chi connectivity index (χ2v) is 11.0. The highest BCUT2D eigenvalue weighted by Crippen LogP contribution is 2.37. The average molecular weight is 496 g/mol. The topological polar surface area (TPSA) is 130 Å². The number of ether oxygens (including phenoxy) is 2. The Morgan fingerprint density at radius 1 is 0.943 bits per heavy atom. The molecule has 0 aromatic carbocycles. The van der Waals surface area contributed by atoms with Gasteiger partial charge in [-0.2, -0.15) is 0 Å². The van der Waals surface area contributed by atoms with Crippen molar-refractivity contribution in [2.45, 2.75) is 110 Å². The lowest BCUT2D eigenvalue weighted by Crippen LogP contribution is -2.61. The van der Waals surface area contributed by atoms with E-state index in [4.69, 9.17) is 9.47 Å². The van der Waals surface area contributed by atoms with Crippen LogP contribution in [0, 0.1) is 23.7 Å². The van der Waals surface area contributed by atoms with E-state index < -0.39 is 59.6 Å². The molecule has 3 fully saturated rings. The number of rotatable bonds is 0. The smallest absolute Gasteiger partial charge is 0.329 e. The predicted molar refractivity (Wildman–Crippen MR) is 126 cm³/mol. The van der Waals surface area contributed by atoms with E-state index in [1.54, 1.807) is 20.8 Å². The number of aliphatic hydroxyl groups is 2. The summed E-state index contributed by atoms with van der Waals surface area (Å²) >= 11 is 0. The maximum atomic E-state index is 13.4. The molecule has 9 heteroatoms. The van der Waals surface area contributed by atoms with Gasteiger partial charge in [-0.3, -0.25) is 14.4 Å². The summed E-state index contributed by atoms with van der Waals surface area (Å²) < 4.78 is 11.5. The molecule has 0 aromatic heterocycles. The van der Waals surface area contributed by atoms with Crippen molar-refractivity contribution in [1.82, 2.24) is 4.90 Å². The molecule has 3 rings (SSSR count). The van der Waals surface area contributed by atoms with Crippen molar-refractivity contribution in [3.05, 3.63) is 0 Å². The van der Waals surface area contributed by atoms with E-state index in [1.165, 1.54) is 4.90 Å². The SMILES string of the molecule is C[C@@H]1C[C@@H](C)[C@@H](O)CC(=O)[C@@H](C)[C@@H]2CC[C@@H](C)[C@@](O)(O2)C(=O)C(=O)N2CCCC[C@H]2C(=O)O[C@H]1C. The van der Waals surface area contributed by atoms with Gasteiger partial charge in [0.25, 0.3) is 11.7 Å². The first kappa shape index (κ1) is 27.7. The zero-order valence-corrected chi connectivity index (χ0v) is 21.6. The number of hydrogen-bond donors (Lipinski definition) is 2. The lowest BCUT2D eigenvalue weighted by atomic mass is 9.81. The molecule has 35 heavy (non-hydrogen) atoms. The number of nitrogens with zero attached hydrogens (tertiary/aromatic N) is 1. The van der Waals surface area contributed by atoms with Crippen molar-refractivity contribution < 1.29 is 38.9 Å². The molecule has 3 saturated heterocycles. The number of fused-ring (bicyclic) bond motifs is 3. The summed E-state index contributed by atoms with van der Waals surface area (Å²) in [5.41, 5.74) is 0. The monoisotopic (exact) mass is 495 g/mol. The molecule has 2 bridgehead atoms. The van der Waals surface area contributed by atoms with Gasteiger partial charge in [0, 0.05) is 24.8 Å². The molecule has 0 spiro atoms. The highest BCUT2D eigenvalue weighted by Gasteiger charge is 2.53. The molecular formula is C26H41NO8. The Kier molecular flexibility index (Phi) is 8.76. The number of Topliss-reactive ketones (excluding diaryl/α,β-unsaturated/α-hetero) is 2. The van der Waals surface area contributed by atoms with E-state index in [1.807, 2.05) is 13.8 Å². The Labute approximate surface area is 207 Å². The standard InChI is InChI=1S/C26H41NO8/c1-14-12-15(2)20(28)13-21(29)17(4)22-10-9-16(3)26(33,35-22)23(30)24(31)27-11-7-6-8-19(27)25(32)34-18(14)5/h14-20,22,28,33H,6-13H2,1-5H3/t14-,15-,16-,17-,18+,19+,20+,22+,26-/m1/s1. The fourth-order valence-electron chi connectivity index (χ4n) is 5.46. The van der Waals surface area contributed by atoms with Gasteiger partial charge >= 0.3 is 5.97 Å². The van der Waals surface area contributed by atoms with Crippen molar-refractivity contribution in [3.63, 3.8) is 0 Å². The molecule has 0 aromatic rings. The predicted octanol–water partition coefficient (Wildman–Crippen LogP) is 2.00. The van der Waals surface area contributed by atoms with E-state index in [9.17, 15) is 29.4 Å². The minimum absolute atomic E-state index is 0.0835. The number of esters is 1. The van der Waals surface area contributed by atoms with Gasteiger partial charge in [0.2, 0.25) is 5.79 Å². The zero-order chi connectivity index (χ0) is 26.1. The number of cyclic esters (lactones) is 1. The summed E-state index contributed by atoms with van der Waals surface area (Å²) in [6, 6.07) is -0.910. The largest absolute Gasteiger partial charge is 0.461 e. The first-order valence-electron chi connectivity index (χ1n) is 13.0. The lowest BCUT2D eigenvalue weighted by Gasteiger charge is -2.43. The number of amides is 1. The number of piperidine rings is 1. The third-order valence-electron chi connectivity index (χ3n) is 8.42. The van der Waals surface area contributed by atoms with Gasteiger partial charge in [-0.25, -0.2) is 4.79 Å². The molecule has 3 aliphatic rings. The first-order chi connectivity index (χ1) is 16.4. The van der Waals surface area contributed by atoms with E-state index >= 15 is 0 Å². The second-order valence-electron chi connectivity index (χ2n) is 11.0. The van der Waals surface area contributed by atoms with Crippen LogP contribution < -0.4 is 0 Å². The first-order valence-corrected chi connectivity index (χ1v) is 13.0. The molecule has 9 nitrogen and oxygen atoms in total. The maximum Gasteiger partial charge on any atom is 0.329 e. The number of hydrogen-bond acceptors (Lipinski definition) is 8. The minimum atomic E-state index is -2.39. The number of aliphatic hydroxyl groups excluding tert-OH is 1. The van der Waals surface area contributed by atoms with Crippen LogP contribution in [-0.2, 0) is 28.7 Å². The zero-order valence-electron chi connectivity index (χ0n) is 21.6. The van der Waals surface area contributed by atoms with Crippen molar-refractivity contribution in [3.8, 4) is 0 Å². The molecule has 3 heterocycles. The minimum Gasteiger partial charge on any atom is -0.461 e. The van der Waals surface area contributed by atoms with Gasteiger partial charge in [-0.1, -0.05) is 27.7 Å². The van der Waals surface area contributed by atoms with Gasteiger partial charge in [-0.05, 0) is 57.3 Å². The van der Waals surface area contributed by atoms with Crippen LogP contribution in [0.1, 0.15) is 79.6 Å². The van der Waals surface area contributed by atoms with Gasteiger partial charge in [0.05, 0.1) is 12.2 Å². The van der Waals surface area contributed by atoms with Crippen LogP contribution in [0.4, 0.5) is 0 Å². The van der Waals surface area contributed by atoms with Crippen LogP contribution in [0.5, 0.6) is 0 Å². The Bertz CT molecular complexity index is 830. The third kappa shape index (κ3) is 5.78. The molecule has 0 saturated carbocycles. The quantitative estimate of drug-likeness (QED) is 0.385. The molecular weight excluding hydrogens is 454 g/mol. The molecule has 0 radical (unpaired) electrons.